The molecular formula is C13H17N3S. The summed E-state index contributed by atoms with van der Waals surface area (Å²) < 4.78 is 2.29. The van der Waals surface area contributed by atoms with Crippen molar-refractivity contribution in [1.29, 1.82) is 0 Å². The van der Waals surface area contributed by atoms with E-state index in [1.807, 2.05) is 23.9 Å². The van der Waals surface area contributed by atoms with Crippen molar-refractivity contribution in [2.24, 2.45) is 0 Å². The van der Waals surface area contributed by atoms with Gasteiger partial charge >= 0.3 is 0 Å². The van der Waals surface area contributed by atoms with Crippen molar-refractivity contribution in [3.05, 3.63) is 40.6 Å². The van der Waals surface area contributed by atoms with Gasteiger partial charge < -0.3 is 9.88 Å². The number of thiophene rings is 1. The van der Waals surface area contributed by atoms with Crippen molar-refractivity contribution in [2.45, 2.75) is 25.3 Å². The Morgan fingerprint density at radius 2 is 2.53 bits per heavy atom. The van der Waals surface area contributed by atoms with Crippen LogP contribution in [0.25, 0.3) is 0 Å². The highest BCUT2D eigenvalue weighted by molar-refractivity contribution is 7.09. The van der Waals surface area contributed by atoms with Crippen LogP contribution in [0.3, 0.4) is 0 Å². The van der Waals surface area contributed by atoms with Crippen molar-refractivity contribution < 1.29 is 0 Å². The molecule has 4 heteroatoms. The fraction of sp³-hybridized carbons (Fsp3) is 0.462. The van der Waals surface area contributed by atoms with E-state index >= 15 is 0 Å². The van der Waals surface area contributed by atoms with Crippen molar-refractivity contribution in [1.82, 2.24) is 14.9 Å². The van der Waals surface area contributed by atoms with Gasteiger partial charge in [0.1, 0.15) is 0 Å². The summed E-state index contributed by atoms with van der Waals surface area (Å²) in [6, 6.07) is 4.29. The molecule has 1 unspecified atom stereocenters. The molecule has 0 saturated carbocycles. The maximum Gasteiger partial charge on any atom is 0.0951 e. The molecule has 0 radical (unpaired) electrons. The quantitative estimate of drug-likeness (QED) is 0.901. The first-order valence-electron chi connectivity index (χ1n) is 6.02. The van der Waals surface area contributed by atoms with E-state index in [9.17, 15) is 0 Å². The third kappa shape index (κ3) is 2.03. The van der Waals surface area contributed by atoms with Crippen LogP contribution in [0.5, 0.6) is 0 Å². The molecule has 1 atom stereocenters. The molecule has 0 spiro atoms. The van der Waals surface area contributed by atoms with Crippen LogP contribution in [0, 0.1) is 0 Å². The van der Waals surface area contributed by atoms with E-state index in [0.29, 0.717) is 0 Å². The van der Waals surface area contributed by atoms with E-state index in [1.54, 1.807) is 0 Å². The van der Waals surface area contributed by atoms with Gasteiger partial charge in [0, 0.05) is 28.7 Å². The predicted octanol–water partition coefficient (Wildman–Crippen LogP) is 2.24. The number of hydrogen-bond acceptors (Lipinski definition) is 3. The first-order valence-corrected chi connectivity index (χ1v) is 6.90. The number of aromatic nitrogens is 2. The van der Waals surface area contributed by atoms with Gasteiger partial charge in [-0.1, -0.05) is 13.0 Å². The molecular weight excluding hydrogens is 230 g/mol. The molecule has 1 N–H and O–H groups in total. The minimum absolute atomic E-state index is 0.244. The average molecular weight is 247 g/mol. The van der Waals surface area contributed by atoms with Crippen LogP contribution in [0.15, 0.2) is 30.0 Å². The maximum absolute atomic E-state index is 4.33. The van der Waals surface area contributed by atoms with Gasteiger partial charge in [-0.2, -0.15) is 0 Å². The van der Waals surface area contributed by atoms with Crippen LogP contribution in [0.1, 0.15) is 23.9 Å². The summed E-state index contributed by atoms with van der Waals surface area (Å²) in [5.74, 6) is 0. The zero-order chi connectivity index (χ0) is 11.7. The highest BCUT2D eigenvalue weighted by atomic mass is 32.1. The summed E-state index contributed by atoms with van der Waals surface area (Å²) >= 11 is 1.81. The number of rotatable bonds is 3. The second-order valence-corrected chi connectivity index (χ2v) is 6.01. The van der Waals surface area contributed by atoms with E-state index in [0.717, 1.165) is 19.6 Å². The van der Waals surface area contributed by atoms with E-state index in [2.05, 4.69) is 39.3 Å². The lowest BCUT2D eigenvalue weighted by Crippen LogP contribution is -2.28. The normalized spacial score (nSPS) is 24.3. The van der Waals surface area contributed by atoms with Crippen LogP contribution >= 0.6 is 11.3 Å². The Labute approximate surface area is 106 Å². The Kier molecular flexibility index (Phi) is 2.76. The minimum Gasteiger partial charge on any atom is -0.329 e. The maximum atomic E-state index is 4.33. The molecule has 1 fully saturated rings. The lowest BCUT2D eigenvalue weighted by Gasteiger charge is -2.24. The largest absolute Gasteiger partial charge is 0.329 e. The number of nitrogens with one attached hydrogen (secondary N) is 1. The molecule has 17 heavy (non-hydrogen) atoms. The van der Waals surface area contributed by atoms with Crippen molar-refractivity contribution >= 4 is 11.3 Å². The van der Waals surface area contributed by atoms with E-state index in [-0.39, 0.29) is 5.41 Å². The van der Waals surface area contributed by atoms with Gasteiger partial charge in [-0.3, -0.25) is 0 Å². The smallest absolute Gasteiger partial charge is 0.0951 e. The summed E-state index contributed by atoms with van der Waals surface area (Å²) in [6.45, 7) is 5.45. The highest BCUT2D eigenvalue weighted by Gasteiger charge is 2.33. The van der Waals surface area contributed by atoms with Crippen LogP contribution in [0.4, 0.5) is 0 Å². The van der Waals surface area contributed by atoms with E-state index in [1.165, 1.54) is 17.0 Å². The molecule has 90 valence electrons. The Morgan fingerprint density at radius 3 is 3.24 bits per heavy atom. The molecule has 1 aliphatic rings. The van der Waals surface area contributed by atoms with Crippen LogP contribution in [-0.4, -0.2) is 22.6 Å². The zero-order valence-electron chi connectivity index (χ0n) is 10.0. The molecule has 2 aromatic rings. The third-order valence-electron chi connectivity index (χ3n) is 3.61. The molecule has 2 aromatic heterocycles. The van der Waals surface area contributed by atoms with E-state index < -0.39 is 0 Å². The number of nitrogens with zero attached hydrogens (tertiary/aromatic N) is 2. The second kappa shape index (κ2) is 4.27. The number of imidazole rings is 1. The zero-order valence-corrected chi connectivity index (χ0v) is 10.8. The van der Waals surface area contributed by atoms with Gasteiger partial charge in [0.15, 0.2) is 0 Å². The Balaban J connectivity index is 1.89. The molecule has 3 nitrogen and oxygen atoms in total. The van der Waals surface area contributed by atoms with Gasteiger partial charge in [0.2, 0.25) is 0 Å². The monoisotopic (exact) mass is 247 g/mol. The van der Waals surface area contributed by atoms with Gasteiger partial charge in [0.25, 0.3) is 0 Å². The lowest BCUT2D eigenvalue weighted by atomic mass is 9.86. The summed E-state index contributed by atoms with van der Waals surface area (Å²) in [5.41, 5.74) is 1.60. The fourth-order valence-corrected chi connectivity index (χ4v) is 3.26. The molecule has 3 heterocycles. The Hall–Kier alpha value is -1.13. The Morgan fingerprint density at radius 1 is 1.59 bits per heavy atom. The first kappa shape index (κ1) is 11.0. The minimum atomic E-state index is 0.244. The first-order chi connectivity index (χ1) is 8.28. The topological polar surface area (TPSA) is 29.9 Å². The van der Waals surface area contributed by atoms with Crippen molar-refractivity contribution in [3.8, 4) is 0 Å². The molecule has 1 aliphatic heterocycles. The highest BCUT2D eigenvalue weighted by Crippen LogP contribution is 2.30. The van der Waals surface area contributed by atoms with Crippen LogP contribution in [-0.2, 0) is 12.0 Å². The van der Waals surface area contributed by atoms with Gasteiger partial charge in [-0.05, 0) is 24.4 Å². The van der Waals surface area contributed by atoms with Gasteiger partial charge in [0.05, 0.1) is 12.9 Å². The molecule has 3 rings (SSSR count). The molecule has 0 aliphatic carbocycles. The fourth-order valence-electron chi connectivity index (χ4n) is 2.56. The van der Waals surface area contributed by atoms with Gasteiger partial charge in [-0.15, -0.1) is 11.3 Å². The van der Waals surface area contributed by atoms with Crippen LogP contribution in [0.2, 0.25) is 0 Å². The van der Waals surface area contributed by atoms with Gasteiger partial charge in [-0.25, -0.2) is 4.98 Å². The summed E-state index contributed by atoms with van der Waals surface area (Å²) in [5, 5.41) is 5.58. The van der Waals surface area contributed by atoms with Crippen molar-refractivity contribution in [2.75, 3.05) is 13.1 Å². The molecule has 0 bridgehead atoms. The molecule has 1 saturated heterocycles. The average Bonchev–Trinajstić information content (AvgIpc) is 3.00. The molecule has 0 amide bonds. The molecule has 0 aromatic carbocycles. The predicted molar refractivity (Wildman–Crippen MR) is 70.5 cm³/mol. The summed E-state index contributed by atoms with van der Waals surface area (Å²) in [4.78, 5) is 5.72. The van der Waals surface area contributed by atoms with E-state index in [4.69, 9.17) is 0 Å². The van der Waals surface area contributed by atoms with Crippen LogP contribution < -0.4 is 5.32 Å². The lowest BCUT2D eigenvalue weighted by molar-refractivity contribution is 0.482. The van der Waals surface area contributed by atoms with Crippen molar-refractivity contribution in [3.63, 3.8) is 0 Å². The standard InChI is InChI=1S/C13H17N3S/c1-13(4-5-14-9-13)12-7-15-10-16(12)8-11-3-2-6-17-11/h2-3,6-7,10,14H,4-5,8-9H2,1H3. The summed E-state index contributed by atoms with van der Waals surface area (Å²) in [6.07, 6.45) is 5.18. The SMILES string of the molecule is CC1(c2cncn2Cc2cccs2)CCNC1. The number of hydrogen-bond donors (Lipinski definition) is 1. The summed E-state index contributed by atoms with van der Waals surface area (Å²) in [7, 11) is 0. The second-order valence-electron chi connectivity index (χ2n) is 4.97. The third-order valence-corrected chi connectivity index (χ3v) is 4.47. The Bertz CT molecular complexity index is 480.